The number of likely N-dealkylation sites (N-methyl/N-ethyl adjacent to an activating group) is 1. The predicted molar refractivity (Wildman–Crippen MR) is 119 cm³/mol. The third-order valence-electron chi connectivity index (χ3n) is 5.38. The monoisotopic (exact) mass is 415 g/mol. The average Bonchev–Trinajstić information content (AvgIpc) is 3.17. The summed E-state index contributed by atoms with van der Waals surface area (Å²) in [5.41, 5.74) is 2.80. The molecule has 3 aromatic rings. The van der Waals surface area contributed by atoms with Crippen LogP contribution in [0.4, 0.5) is 5.95 Å². The van der Waals surface area contributed by atoms with Crippen molar-refractivity contribution in [2.45, 2.75) is 47.2 Å². The fraction of sp³-hybridized carbons (Fsp3) is 0.476. The Balaban J connectivity index is 1.75. The number of carbonyl (C=O) groups is 1. The first-order chi connectivity index (χ1) is 13.9. The van der Waals surface area contributed by atoms with Crippen LogP contribution in [0.25, 0.3) is 11.0 Å². The molecule has 0 aliphatic carbocycles. The summed E-state index contributed by atoms with van der Waals surface area (Å²) in [7, 11) is 0. The number of hydrogen-bond acceptors (Lipinski definition) is 5. The molecule has 1 N–H and O–H groups in total. The number of anilines is 1. The second kappa shape index (κ2) is 9.37. The van der Waals surface area contributed by atoms with Crippen LogP contribution in [0.1, 0.15) is 30.8 Å². The number of fused-ring (bicyclic) bond motifs is 1. The van der Waals surface area contributed by atoms with Crippen LogP contribution in [-0.2, 0) is 17.9 Å². The normalized spacial score (nSPS) is 11.5. The largest absolute Gasteiger partial charge is 0.309 e. The fourth-order valence-electron chi connectivity index (χ4n) is 3.42. The Morgan fingerprint density at radius 3 is 2.52 bits per heavy atom. The summed E-state index contributed by atoms with van der Waals surface area (Å²) in [5.74, 6) is 0.425. The Bertz CT molecular complexity index is 1050. The van der Waals surface area contributed by atoms with Crippen molar-refractivity contribution in [1.29, 1.82) is 0 Å². The zero-order chi connectivity index (χ0) is 21.0. The number of para-hydroxylation sites is 2. The van der Waals surface area contributed by atoms with Gasteiger partial charge in [0.1, 0.15) is 0 Å². The summed E-state index contributed by atoms with van der Waals surface area (Å²) in [6, 6.07) is 7.91. The first-order valence-corrected chi connectivity index (χ1v) is 10.9. The van der Waals surface area contributed by atoms with E-state index < -0.39 is 0 Å². The highest BCUT2D eigenvalue weighted by atomic mass is 32.1. The lowest BCUT2D eigenvalue weighted by molar-refractivity contribution is -0.116. The Labute approximate surface area is 175 Å². The number of carbonyl (C=O) groups excluding carboxylic acids is 1. The average molecular weight is 416 g/mol. The molecule has 2 aromatic heterocycles. The number of amides is 1. The van der Waals surface area contributed by atoms with Gasteiger partial charge in [-0.15, -0.1) is 0 Å². The molecular weight excluding hydrogens is 386 g/mol. The van der Waals surface area contributed by atoms with Crippen LogP contribution in [0.2, 0.25) is 0 Å². The van der Waals surface area contributed by atoms with Crippen LogP contribution < -0.4 is 10.2 Å². The number of nitrogens with one attached hydrogen (secondary N) is 1. The molecule has 7 nitrogen and oxygen atoms in total. The van der Waals surface area contributed by atoms with E-state index in [2.05, 4.69) is 33.6 Å². The third kappa shape index (κ3) is 4.76. The van der Waals surface area contributed by atoms with E-state index in [1.807, 2.05) is 38.1 Å². The van der Waals surface area contributed by atoms with Gasteiger partial charge in [-0.25, -0.2) is 4.98 Å². The summed E-state index contributed by atoms with van der Waals surface area (Å²) in [4.78, 5) is 32.6. The summed E-state index contributed by atoms with van der Waals surface area (Å²) in [6.45, 7) is 12.1. The van der Waals surface area contributed by atoms with Gasteiger partial charge in [0, 0.05) is 36.6 Å². The molecule has 0 bridgehead atoms. The summed E-state index contributed by atoms with van der Waals surface area (Å²) in [5, 5.41) is 2.96. The van der Waals surface area contributed by atoms with E-state index in [-0.39, 0.29) is 17.2 Å². The molecule has 0 atom stereocenters. The Hall–Kier alpha value is -2.45. The SMILES string of the molecule is CCN(CC)CCn1c(NC(=O)CCn2c(C)c(C)sc2=O)nc2ccccc21. The van der Waals surface area contributed by atoms with Crippen LogP contribution in [-0.4, -0.2) is 44.6 Å². The minimum atomic E-state index is -0.139. The number of rotatable bonds is 9. The molecule has 0 aliphatic rings. The molecule has 156 valence electrons. The van der Waals surface area contributed by atoms with Gasteiger partial charge in [-0.05, 0) is 39.1 Å². The van der Waals surface area contributed by atoms with Gasteiger partial charge in [-0.1, -0.05) is 37.3 Å². The molecule has 0 saturated heterocycles. The van der Waals surface area contributed by atoms with Gasteiger partial charge in [0.05, 0.1) is 11.0 Å². The van der Waals surface area contributed by atoms with Crippen molar-refractivity contribution in [2.75, 3.05) is 25.0 Å². The van der Waals surface area contributed by atoms with Crippen LogP contribution in [0.3, 0.4) is 0 Å². The van der Waals surface area contributed by atoms with E-state index in [0.717, 1.165) is 47.8 Å². The molecule has 2 heterocycles. The van der Waals surface area contributed by atoms with Gasteiger partial charge in [0.15, 0.2) is 0 Å². The van der Waals surface area contributed by atoms with E-state index >= 15 is 0 Å². The highest BCUT2D eigenvalue weighted by molar-refractivity contribution is 7.09. The van der Waals surface area contributed by atoms with E-state index in [9.17, 15) is 9.59 Å². The molecule has 8 heteroatoms. The quantitative estimate of drug-likeness (QED) is 0.582. The van der Waals surface area contributed by atoms with E-state index in [4.69, 9.17) is 0 Å². The second-order valence-electron chi connectivity index (χ2n) is 7.06. The van der Waals surface area contributed by atoms with Gasteiger partial charge < -0.3 is 14.0 Å². The van der Waals surface area contributed by atoms with Crippen molar-refractivity contribution in [3.05, 3.63) is 44.5 Å². The highest BCUT2D eigenvalue weighted by Crippen LogP contribution is 2.20. The summed E-state index contributed by atoms with van der Waals surface area (Å²) >= 11 is 1.22. The molecule has 0 spiro atoms. The minimum Gasteiger partial charge on any atom is -0.309 e. The maximum absolute atomic E-state index is 12.6. The Morgan fingerprint density at radius 1 is 1.14 bits per heavy atom. The molecule has 1 aromatic carbocycles. The number of benzene rings is 1. The van der Waals surface area contributed by atoms with Crippen LogP contribution in [0.15, 0.2) is 29.1 Å². The highest BCUT2D eigenvalue weighted by Gasteiger charge is 2.15. The Morgan fingerprint density at radius 2 is 1.86 bits per heavy atom. The molecule has 0 unspecified atom stereocenters. The van der Waals surface area contributed by atoms with Crippen LogP contribution >= 0.6 is 11.3 Å². The van der Waals surface area contributed by atoms with Gasteiger partial charge in [0.2, 0.25) is 11.9 Å². The van der Waals surface area contributed by atoms with Crippen LogP contribution in [0.5, 0.6) is 0 Å². The second-order valence-corrected chi connectivity index (χ2v) is 8.23. The zero-order valence-electron chi connectivity index (χ0n) is 17.6. The number of nitrogens with zero attached hydrogens (tertiary/aromatic N) is 4. The van der Waals surface area contributed by atoms with Crippen LogP contribution in [0, 0.1) is 13.8 Å². The molecule has 0 fully saturated rings. The molecule has 3 rings (SSSR count). The first-order valence-electron chi connectivity index (χ1n) is 10.1. The van der Waals surface area contributed by atoms with Crippen molar-refractivity contribution >= 4 is 34.2 Å². The lowest BCUT2D eigenvalue weighted by Gasteiger charge is -2.19. The van der Waals surface area contributed by atoms with Crippen molar-refractivity contribution in [2.24, 2.45) is 0 Å². The smallest absolute Gasteiger partial charge is 0.307 e. The molecule has 0 radical (unpaired) electrons. The van der Waals surface area contributed by atoms with E-state index in [1.54, 1.807) is 4.57 Å². The van der Waals surface area contributed by atoms with E-state index in [1.165, 1.54) is 11.3 Å². The minimum absolute atomic E-state index is 0.0146. The predicted octanol–water partition coefficient (Wildman–Crippen LogP) is 3.25. The van der Waals surface area contributed by atoms with Gasteiger partial charge in [0.25, 0.3) is 0 Å². The van der Waals surface area contributed by atoms with Crippen molar-refractivity contribution in [3.8, 4) is 0 Å². The first kappa shape index (κ1) is 21.3. The maximum atomic E-state index is 12.6. The topological polar surface area (TPSA) is 72.2 Å². The number of imidazole rings is 1. The maximum Gasteiger partial charge on any atom is 0.307 e. The summed E-state index contributed by atoms with van der Waals surface area (Å²) in [6.07, 6.45) is 0.232. The zero-order valence-corrected chi connectivity index (χ0v) is 18.4. The standard InChI is InChI=1S/C21H29N5O2S/c1-5-24(6-2)13-14-26-18-10-8-7-9-17(18)22-20(26)23-19(27)11-12-25-15(3)16(4)29-21(25)28/h7-10H,5-6,11-14H2,1-4H3,(H,22,23,27). The molecule has 0 aliphatic heterocycles. The molecular formula is C21H29N5O2S. The van der Waals surface area contributed by atoms with Crippen molar-refractivity contribution in [3.63, 3.8) is 0 Å². The number of hydrogen-bond donors (Lipinski definition) is 1. The fourth-order valence-corrected chi connectivity index (χ4v) is 4.28. The number of aryl methyl sites for hydroxylation is 1. The lowest BCUT2D eigenvalue weighted by atomic mass is 10.3. The van der Waals surface area contributed by atoms with Gasteiger partial charge >= 0.3 is 4.87 Å². The van der Waals surface area contributed by atoms with Crippen molar-refractivity contribution < 1.29 is 4.79 Å². The van der Waals surface area contributed by atoms with Gasteiger partial charge in [-0.3, -0.25) is 14.9 Å². The molecule has 1 amide bonds. The number of aromatic nitrogens is 3. The lowest BCUT2D eigenvalue weighted by Crippen LogP contribution is -2.28. The molecule has 29 heavy (non-hydrogen) atoms. The number of thiazole rings is 1. The Kier molecular flexibility index (Phi) is 6.87. The third-order valence-corrected chi connectivity index (χ3v) is 6.37. The molecule has 0 saturated carbocycles. The van der Waals surface area contributed by atoms with Gasteiger partial charge in [-0.2, -0.15) is 0 Å². The summed E-state index contributed by atoms with van der Waals surface area (Å²) < 4.78 is 3.74. The van der Waals surface area contributed by atoms with E-state index in [0.29, 0.717) is 12.5 Å². The van der Waals surface area contributed by atoms with Crippen molar-refractivity contribution in [1.82, 2.24) is 19.0 Å².